The van der Waals surface area contributed by atoms with Crippen molar-refractivity contribution in [2.75, 3.05) is 6.61 Å². The molecule has 0 aliphatic carbocycles. The summed E-state index contributed by atoms with van der Waals surface area (Å²) in [7, 11) is 0. The molecule has 2 N–H and O–H groups in total. The van der Waals surface area contributed by atoms with Gasteiger partial charge < -0.3 is 15.2 Å². The van der Waals surface area contributed by atoms with Crippen molar-refractivity contribution in [1.29, 1.82) is 0 Å². The molecule has 1 amide bonds. The van der Waals surface area contributed by atoms with Gasteiger partial charge in [0, 0.05) is 0 Å². The van der Waals surface area contributed by atoms with Crippen LogP contribution in [0.5, 0.6) is 0 Å². The van der Waals surface area contributed by atoms with Crippen molar-refractivity contribution in [2.45, 2.75) is 71.9 Å². The Morgan fingerprint density at radius 1 is 1.28 bits per heavy atom. The van der Waals surface area contributed by atoms with Crippen LogP contribution in [0, 0.1) is 0 Å². The predicted molar refractivity (Wildman–Crippen MR) is 104 cm³/mol. The van der Waals surface area contributed by atoms with Crippen LogP contribution >= 0.6 is 0 Å². The van der Waals surface area contributed by atoms with Gasteiger partial charge in [-0.25, -0.2) is 4.79 Å². The van der Waals surface area contributed by atoms with Gasteiger partial charge in [0.05, 0.1) is 12.6 Å². The molecule has 1 atom stereocenters. The van der Waals surface area contributed by atoms with Gasteiger partial charge in [-0.1, -0.05) is 45.1 Å². The van der Waals surface area contributed by atoms with E-state index in [1.54, 1.807) is 0 Å². The highest BCUT2D eigenvalue weighted by molar-refractivity contribution is 5.68. The van der Waals surface area contributed by atoms with Gasteiger partial charge in [-0.3, -0.25) is 0 Å². The number of rotatable bonds is 8. The van der Waals surface area contributed by atoms with Gasteiger partial charge in [-0.05, 0) is 62.3 Å². The van der Waals surface area contributed by atoms with Crippen molar-refractivity contribution < 1.29 is 14.6 Å². The maximum absolute atomic E-state index is 12.0. The van der Waals surface area contributed by atoms with E-state index in [2.05, 4.69) is 37.9 Å². The summed E-state index contributed by atoms with van der Waals surface area (Å²) in [6.07, 6.45) is 4.96. The fourth-order valence-electron chi connectivity index (χ4n) is 2.86. The second-order valence-electron chi connectivity index (χ2n) is 7.36. The van der Waals surface area contributed by atoms with E-state index in [9.17, 15) is 9.90 Å². The van der Waals surface area contributed by atoms with Crippen LogP contribution in [-0.2, 0) is 24.0 Å². The molecule has 140 valence electrons. The van der Waals surface area contributed by atoms with Gasteiger partial charge in [-0.15, -0.1) is 0 Å². The highest BCUT2D eigenvalue weighted by atomic mass is 16.6. The average molecular weight is 347 g/mol. The molecule has 1 aromatic rings. The minimum absolute atomic E-state index is 0.136. The third-order valence-electron chi connectivity index (χ3n) is 3.99. The number of nitrogens with one attached hydrogen (secondary N) is 1. The van der Waals surface area contributed by atoms with E-state index in [1.807, 2.05) is 26.8 Å². The van der Waals surface area contributed by atoms with E-state index in [0.717, 1.165) is 30.4 Å². The summed E-state index contributed by atoms with van der Waals surface area (Å²) < 4.78 is 5.28. The Balaban J connectivity index is 2.98. The van der Waals surface area contributed by atoms with Crippen LogP contribution in [0.25, 0.3) is 6.08 Å². The zero-order valence-corrected chi connectivity index (χ0v) is 16.3. The third kappa shape index (κ3) is 6.91. The molecule has 0 saturated heterocycles. The van der Waals surface area contributed by atoms with Gasteiger partial charge in [0.2, 0.25) is 0 Å². The Hall–Kier alpha value is -1.81. The zero-order chi connectivity index (χ0) is 19.0. The van der Waals surface area contributed by atoms with E-state index >= 15 is 0 Å². The monoisotopic (exact) mass is 347 g/mol. The van der Waals surface area contributed by atoms with Crippen molar-refractivity contribution in [1.82, 2.24) is 5.32 Å². The number of hydrogen-bond acceptors (Lipinski definition) is 3. The number of aliphatic hydroxyl groups is 1. The second kappa shape index (κ2) is 9.62. The van der Waals surface area contributed by atoms with Crippen LogP contribution in [0.2, 0.25) is 0 Å². The first-order valence-electron chi connectivity index (χ1n) is 9.11. The molecule has 0 aliphatic rings. The van der Waals surface area contributed by atoms with Crippen LogP contribution in [0.3, 0.4) is 0 Å². The summed E-state index contributed by atoms with van der Waals surface area (Å²) in [6, 6.07) is 3.99. The normalized spacial score (nSPS) is 12.6. The Kier molecular flexibility index (Phi) is 8.17. The number of benzene rings is 1. The molecule has 25 heavy (non-hydrogen) atoms. The Morgan fingerprint density at radius 3 is 2.44 bits per heavy atom. The number of alkyl carbamates (subject to hydrolysis) is 1. The van der Waals surface area contributed by atoms with Gasteiger partial charge >= 0.3 is 6.09 Å². The van der Waals surface area contributed by atoms with E-state index < -0.39 is 11.7 Å². The first kappa shape index (κ1) is 21.2. The van der Waals surface area contributed by atoms with Crippen LogP contribution in [0.1, 0.15) is 63.3 Å². The largest absolute Gasteiger partial charge is 0.444 e. The maximum atomic E-state index is 12.0. The van der Waals surface area contributed by atoms with Crippen molar-refractivity contribution >= 4 is 12.2 Å². The first-order chi connectivity index (χ1) is 11.7. The molecular formula is C21H33NO3. The highest BCUT2D eigenvalue weighted by Gasteiger charge is 2.20. The fourth-order valence-corrected chi connectivity index (χ4v) is 2.86. The summed E-state index contributed by atoms with van der Waals surface area (Å²) in [4.78, 5) is 12.0. The molecule has 0 heterocycles. The first-order valence-corrected chi connectivity index (χ1v) is 9.11. The maximum Gasteiger partial charge on any atom is 0.407 e. The molecule has 0 aromatic heterocycles. The quantitative estimate of drug-likeness (QED) is 0.738. The summed E-state index contributed by atoms with van der Waals surface area (Å²) in [5, 5.41) is 12.4. The molecule has 0 radical (unpaired) electrons. The Labute approximate surface area is 152 Å². The van der Waals surface area contributed by atoms with E-state index in [0.29, 0.717) is 6.42 Å². The third-order valence-corrected chi connectivity index (χ3v) is 3.99. The average Bonchev–Trinajstić information content (AvgIpc) is 2.53. The molecule has 1 unspecified atom stereocenters. The lowest BCUT2D eigenvalue weighted by Gasteiger charge is -2.23. The molecule has 4 nitrogen and oxygen atoms in total. The van der Waals surface area contributed by atoms with Gasteiger partial charge in [-0.2, -0.15) is 0 Å². The Bertz CT molecular complexity index is 588. The number of aryl methyl sites for hydroxylation is 2. The van der Waals surface area contributed by atoms with Crippen LogP contribution in [-0.4, -0.2) is 29.4 Å². The number of hydrogen-bond donors (Lipinski definition) is 2. The molecule has 0 saturated carbocycles. The molecule has 1 rings (SSSR count). The van der Waals surface area contributed by atoms with E-state index in [4.69, 9.17) is 4.74 Å². The van der Waals surface area contributed by atoms with Crippen molar-refractivity contribution in [2.24, 2.45) is 0 Å². The molecular weight excluding hydrogens is 314 g/mol. The van der Waals surface area contributed by atoms with Crippen LogP contribution < -0.4 is 5.32 Å². The number of amides is 1. The number of ether oxygens (including phenoxy) is 1. The van der Waals surface area contributed by atoms with E-state index in [1.165, 1.54) is 11.1 Å². The van der Waals surface area contributed by atoms with Crippen molar-refractivity contribution in [3.8, 4) is 0 Å². The second-order valence-corrected chi connectivity index (χ2v) is 7.36. The van der Waals surface area contributed by atoms with E-state index in [-0.39, 0.29) is 12.6 Å². The molecule has 1 aromatic carbocycles. The van der Waals surface area contributed by atoms with Gasteiger partial charge in [0.25, 0.3) is 0 Å². The number of carbonyl (C=O) groups is 1. The minimum Gasteiger partial charge on any atom is -0.444 e. The number of carbonyl (C=O) groups excluding carboxylic acids is 1. The number of aliphatic hydroxyl groups excluding tert-OH is 1. The summed E-state index contributed by atoms with van der Waals surface area (Å²) in [5.74, 6) is 0. The standard InChI is InChI=1S/C21H33NO3/c1-7-10-17-11-16(9-3)18(12-15(17)8-2)13-19(14-23)22-20(24)25-21(4,5)6/h8,11-12,19,23H,2,7,9-10,13-14H2,1,3-6H3,(H,22,24). The fraction of sp³-hybridized carbons (Fsp3) is 0.571. The summed E-state index contributed by atoms with van der Waals surface area (Å²) in [5.41, 5.74) is 4.25. The zero-order valence-electron chi connectivity index (χ0n) is 16.3. The van der Waals surface area contributed by atoms with Crippen molar-refractivity contribution in [3.05, 3.63) is 41.0 Å². The lowest BCUT2D eigenvalue weighted by atomic mass is 9.91. The molecule has 0 bridgehead atoms. The molecule has 0 spiro atoms. The van der Waals surface area contributed by atoms with Gasteiger partial charge in [0.1, 0.15) is 5.60 Å². The molecule has 0 fully saturated rings. The molecule has 4 heteroatoms. The van der Waals surface area contributed by atoms with Gasteiger partial charge in [0.15, 0.2) is 0 Å². The SMILES string of the molecule is C=Cc1cc(CC(CO)NC(=O)OC(C)(C)C)c(CC)cc1CCC. The molecule has 0 aliphatic heterocycles. The summed E-state index contributed by atoms with van der Waals surface area (Å²) in [6.45, 7) is 13.5. The minimum atomic E-state index is -0.559. The lowest BCUT2D eigenvalue weighted by molar-refractivity contribution is 0.0482. The predicted octanol–water partition coefficient (Wildman–Crippen LogP) is 4.27. The topological polar surface area (TPSA) is 58.6 Å². The Morgan fingerprint density at radius 2 is 1.96 bits per heavy atom. The smallest absolute Gasteiger partial charge is 0.407 e. The summed E-state index contributed by atoms with van der Waals surface area (Å²) >= 11 is 0. The van der Waals surface area contributed by atoms with Crippen LogP contribution in [0.4, 0.5) is 4.79 Å². The van der Waals surface area contributed by atoms with Crippen LogP contribution in [0.15, 0.2) is 18.7 Å². The lowest BCUT2D eigenvalue weighted by Crippen LogP contribution is -2.42. The highest BCUT2D eigenvalue weighted by Crippen LogP contribution is 2.22. The van der Waals surface area contributed by atoms with Crippen molar-refractivity contribution in [3.63, 3.8) is 0 Å².